The van der Waals surface area contributed by atoms with Crippen LogP contribution in [0.4, 0.5) is 26.3 Å². The van der Waals surface area contributed by atoms with E-state index in [0.29, 0.717) is 0 Å². The number of ketones is 1. The highest BCUT2D eigenvalue weighted by Crippen LogP contribution is 2.25. The second kappa shape index (κ2) is 5.89. The summed E-state index contributed by atoms with van der Waals surface area (Å²) >= 11 is 0. The van der Waals surface area contributed by atoms with Crippen molar-refractivity contribution in [1.29, 1.82) is 0 Å². The molecule has 1 amide bonds. The van der Waals surface area contributed by atoms with Gasteiger partial charge in [-0.2, -0.15) is 26.3 Å². The van der Waals surface area contributed by atoms with E-state index in [9.17, 15) is 35.9 Å². The molecule has 0 radical (unpaired) electrons. The van der Waals surface area contributed by atoms with Crippen LogP contribution in [0.15, 0.2) is 34.6 Å². The predicted octanol–water partition coefficient (Wildman–Crippen LogP) is 2.09. The summed E-state index contributed by atoms with van der Waals surface area (Å²) in [6.45, 7) is 0. The summed E-state index contributed by atoms with van der Waals surface area (Å²) in [7, 11) is 0. The maximum Gasteiger partial charge on any atom is 0.454 e. The monoisotopic (exact) mass is 316 g/mol. The largest absolute Gasteiger partial charge is 0.459 e. The zero-order valence-corrected chi connectivity index (χ0v) is 9.80. The molecule has 0 aromatic carbocycles. The van der Waals surface area contributed by atoms with Crippen LogP contribution in [-0.2, 0) is 4.79 Å². The molecule has 1 heterocycles. The van der Waals surface area contributed by atoms with Gasteiger partial charge in [-0.15, -0.1) is 0 Å². The molecule has 0 saturated heterocycles. The average Bonchev–Trinajstić information content (AvgIpc) is 2.84. The Hall–Kier alpha value is -2.46. The number of carbonyl (C=O) groups excluding carboxylic acids is 2. The van der Waals surface area contributed by atoms with Gasteiger partial charge in [-0.25, -0.2) is 0 Å². The third-order valence-corrected chi connectivity index (χ3v) is 1.92. The normalized spacial score (nSPS) is 13.0. The van der Waals surface area contributed by atoms with Crippen LogP contribution >= 0.6 is 0 Å². The number of amides is 1. The Labute approximate surface area is 112 Å². The Morgan fingerprint density at radius 1 is 1.05 bits per heavy atom. The molecule has 0 aliphatic carbocycles. The van der Waals surface area contributed by atoms with Gasteiger partial charge in [0.15, 0.2) is 5.76 Å². The van der Waals surface area contributed by atoms with Crippen LogP contribution in [0.2, 0.25) is 0 Å². The summed E-state index contributed by atoms with van der Waals surface area (Å²) in [6, 6.07) is 2.37. The van der Waals surface area contributed by atoms with Gasteiger partial charge in [0, 0.05) is 6.08 Å². The molecule has 0 aliphatic heterocycles. The second-order valence-corrected chi connectivity index (χ2v) is 3.47. The summed E-state index contributed by atoms with van der Waals surface area (Å²) in [4.78, 5) is 21.8. The van der Waals surface area contributed by atoms with Crippen molar-refractivity contribution in [3.05, 3.63) is 35.9 Å². The van der Waals surface area contributed by atoms with Crippen molar-refractivity contribution in [2.75, 3.05) is 0 Å². The number of hydrogen-bond acceptors (Lipinski definition) is 4. The van der Waals surface area contributed by atoms with Crippen molar-refractivity contribution in [3.8, 4) is 0 Å². The number of carbonyl (C=O) groups is 2. The predicted molar refractivity (Wildman–Crippen MR) is 54.5 cm³/mol. The fourth-order valence-corrected chi connectivity index (χ4v) is 0.995. The summed E-state index contributed by atoms with van der Waals surface area (Å²) < 4.78 is 77.6. The fourth-order valence-electron chi connectivity index (χ4n) is 0.995. The van der Waals surface area contributed by atoms with E-state index in [1.165, 1.54) is 16.9 Å². The number of rotatable bonds is 4. The van der Waals surface area contributed by atoms with Gasteiger partial charge in [-0.05, 0) is 12.1 Å². The lowest BCUT2D eigenvalue weighted by molar-refractivity contribution is -0.166. The van der Waals surface area contributed by atoms with E-state index in [1.54, 1.807) is 0 Å². The first kappa shape index (κ1) is 16.6. The molecule has 1 aromatic heterocycles. The molecule has 116 valence electrons. The Bertz CT molecular complexity index is 544. The molecular weight excluding hydrogens is 310 g/mol. The first-order chi connectivity index (χ1) is 9.51. The van der Waals surface area contributed by atoms with Crippen molar-refractivity contribution < 1.29 is 40.3 Å². The Morgan fingerprint density at radius 2 is 1.67 bits per heavy atom. The van der Waals surface area contributed by atoms with E-state index in [-0.39, 0.29) is 5.76 Å². The summed E-state index contributed by atoms with van der Waals surface area (Å²) in [5.41, 5.74) is 0.585. The van der Waals surface area contributed by atoms with Gasteiger partial charge in [-0.3, -0.25) is 20.4 Å². The summed E-state index contributed by atoms with van der Waals surface area (Å²) in [5, 5.41) is 0. The molecule has 11 heteroatoms. The number of halogens is 6. The molecule has 0 saturated carbocycles. The molecular formula is C10H6F6N2O3. The van der Waals surface area contributed by atoms with Crippen LogP contribution < -0.4 is 10.9 Å². The molecule has 0 bridgehead atoms. The minimum Gasteiger partial charge on any atom is -0.459 e. The molecule has 5 nitrogen and oxygen atoms in total. The number of furan rings is 1. The SMILES string of the molecule is O=C(NN/C(=C/C(=O)C(F)(F)F)C(F)(F)F)c1ccco1. The van der Waals surface area contributed by atoms with Crippen LogP contribution in [0.3, 0.4) is 0 Å². The van der Waals surface area contributed by atoms with E-state index in [1.807, 2.05) is 0 Å². The maximum atomic E-state index is 12.4. The minimum atomic E-state index is -5.47. The molecule has 0 spiro atoms. The number of allylic oxidation sites excluding steroid dienone is 2. The van der Waals surface area contributed by atoms with E-state index in [2.05, 4.69) is 4.42 Å². The molecule has 2 N–H and O–H groups in total. The van der Waals surface area contributed by atoms with E-state index in [0.717, 1.165) is 12.3 Å². The number of hydrazine groups is 1. The van der Waals surface area contributed by atoms with Gasteiger partial charge in [-0.1, -0.05) is 0 Å². The Kier molecular flexibility index (Phi) is 4.66. The molecule has 21 heavy (non-hydrogen) atoms. The summed E-state index contributed by atoms with van der Waals surface area (Å²) in [6.07, 6.45) is -10.4. The van der Waals surface area contributed by atoms with E-state index >= 15 is 0 Å². The molecule has 0 unspecified atom stereocenters. The quantitative estimate of drug-likeness (QED) is 0.507. The van der Waals surface area contributed by atoms with Crippen LogP contribution in [-0.4, -0.2) is 24.0 Å². The standard InChI is InChI=1S/C10H6F6N2O3/c11-9(12,13)6(4-7(19)10(14,15)16)17-18-8(20)5-2-1-3-21-5/h1-4,17H,(H,18,20)/b6-4+. The second-order valence-electron chi connectivity index (χ2n) is 3.47. The molecule has 1 aromatic rings. The zero-order chi connectivity index (χ0) is 16.3. The van der Waals surface area contributed by atoms with Crippen LogP contribution in [0.5, 0.6) is 0 Å². The van der Waals surface area contributed by atoms with Gasteiger partial charge in [0.25, 0.3) is 5.78 Å². The first-order valence-electron chi connectivity index (χ1n) is 5.01. The third-order valence-electron chi connectivity index (χ3n) is 1.92. The highest BCUT2D eigenvalue weighted by molar-refractivity contribution is 5.95. The van der Waals surface area contributed by atoms with Crippen molar-refractivity contribution >= 4 is 11.7 Å². The molecule has 1 rings (SSSR count). The van der Waals surface area contributed by atoms with Crippen molar-refractivity contribution in [1.82, 2.24) is 10.9 Å². The smallest absolute Gasteiger partial charge is 0.454 e. The van der Waals surface area contributed by atoms with Crippen LogP contribution in [0, 0.1) is 0 Å². The topological polar surface area (TPSA) is 71.3 Å². The van der Waals surface area contributed by atoms with E-state index in [4.69, 9.17) is 0 Å². The Balaban J connectivity index is 2.84. The van der Waals surface area contributed by atoms with Crippen LogP contribution in [0.1, 0.15) is 10.6 Å². The molecule has 0 atom stereocenters. The average molecular weight is 316 g/mol. The highest BCUT2D eigenvalue weighted by Gasteiger charge is 2.41. The number of nitrogens with one attached hydrogen (secondary N) is 2. The van der Waals surface area contributed by atoms with Crippen LogP contribution in [0.25, 0.3) is 0 Å². The maximum absolute atomic E-state index is 12.4. The third kappa shape index (κ3) is 4.85. The van der Waals surface area contributed by atoms with Crippen molar-refractivity contribution in [3.63, 3.8) is 0 Å². The van der Waals surface area contributed by atoms with Gasteiger partial charge < -0.3 is 4.42 Å². The number of alkyl halides is 6. The zero-order valence-electron chi connectivity index (χ0n) is 9.80. The highest BCUT2D eigenvalue weighted by atomic mass is 19.4. The van der Waals surface area contributed by atoms with Crippen molar-refractivity contribution in [2.24, 2.45) is 0 Å². The van der Waals surface area contributed by atoms with Gasteiger partial charge in [0.05, 0.1) is 6.26 Å². The molecule has 0 fully saturated rings. The lowest BCUT2D eigenvalue weighted by Gasteiger charge is -2.14. The van der Waals surface area contributed by atoms with E-state index < -0.39 is 35.8 Å². The fraction of sp³-hybridized carbons (Fsp3) is 0.200. The number of hydrogen-bond donors (Lipinski definition) is 2. The van der Waals surface area contributed by atoms with Gasteiger partial charge >= 0.3 is 18.3 Å². The summed E-state index contributed by atoms with van der Waals surface area (Å²) in [5.74, 6) is -4.28. The van der Waals surface area contributed by atoms with Gasteiger partial charge in [0.2, 0.25) is 0 Å². The first-order valence-corrected chi connectivity index (χ1v) is 5.01. The lowest BCUT2D eigenvalue weighted by atomic mass is 10.3. The molecule has 0 aliphatic rings. The van der Waals surface area contributed by atoms with Gasteiger partial charge in [0.1, 0.15) is 5.70 Å². The minimum absolute atomic E-state index is 0.383. The van der Waals surface area contributed by atoms with Crippen molar-refractivity contribution in [2.45, 2.75) is 12.4 Å². The Morgan fingerprint density at radius 3 is 2.10 bits per heavy atom. The lowest BCUT2D eigenvalue weighted by Crippen LogP contribution is -2.41.